The first kappa shape index (κ1) is 19.2. The first-order valence-corrected chi connectivity index (χ1v) is 10.4. The van der Waals surface area contributed by atoms with E-state index in [1.807, 2.05) is 6.07 Å². The maximum Gasteiger partial charge on any atom is 0.243 e. The predicted molar refractivity (Wildman–Crippen MR) is 104 cm³/mol. The lowest BCUT2D eigenvalue weighted by molar-refractivity contribution is -0.119. The van der Waals surface area contributed by atoms with E-state index in [4.69, 9.17) is 0 Å². The van der Waals surface area contributed by atoms with Crippen molar-refractivity contribution in [2.75, 3.05) is 11.9 Å². The second kappa shape index (κ2) is 7.72. The van der Waals surface area contributed by atoms with Crippen molar-refractivity contribution >= 4 is 21.7 Å². The summed E-state index contributed by atoms with van der Waals surface area (Å²) in [6.45, 7) is 0.216. The summed E-state index contributed by atoms with van der Waals surface area (Å²) in [5.74, 6) is -0.643. The number of aromatic amines is 1. The number of hydrogen-bond acceptors (Lipinski definition) is 5. The highest BCUT2D eigenvalue weighted by Gasteiger charge is 2.39. The number of nitrogens with zero attached hydrogens (tertiary/aromatic N) is 3. The van der Waals surface area contributed by atoms with Gasteiger partial charge in [0.2, 0.25) is 15.9 Å². The summed E-state index contributed by atoms with van der Waals surface area (Å²) < 4.78 is 40.2. The Morgan fingerprint density at radius 1 is 1.21 bits per heavy atom. The molecule has 8 nitrogen and oxygen atoms in total. The molecule has 1 aliphatic heterocycles. The van der Waals surface area contributed by atoms with Crippen LogP contribution in [0.1, 0.15) is 12.8 Å². The van der Waals surface area contributed by atoms with E-state index in [0.29, 0.717) is 29.9 Å². The molecule has 150 valence electrons. The average Bonchev–Trinajstić information content (AvgIpc) is 3.39. The van der Waals surface area contributed by atoms with Gasteiger partial charge in [-0.25, -0.2) is 12.8 Å². The number of benzene rings is 1. The molecular formula is C19H18FN5O3S. The van der Waals surface area contributed by atoms with Crippen LogP contribution >= 0.6 is 0 Å². The molecule has 3 aromatic rings. The van der Waals surface area contributed by atoms with Gasteiger partial charge in [-0.1, -0.05) is 6.07 Å². The van der Waals surface area contributed by atoms with E-state index < -0.39 is 27.8 Å². The molecule has 1 amide bonds. The number of hydrogen-bond donors (Lipinski definition) is 2. The predicted octanol–water partition coefficient (Wildman–Crippen LogP) is 2.40. The zero-order valence-corrected chi connectivity index (χ0v) is 16.1. The maximum absolute atomic E-state index is 13.2. The van der Waals surface area contributed by atoms with Gasteiger partial charge in [-0.2, -0.15) is 9.40 Å². The molecule has 1 aliphatic rings. The molecule has 0 bridgehead atoms. The topological polar surface area (TPSA) is 108 Å². The van der Waals surface area contributed by atoms with E-state index in [1.54, 1.807) is 24.5 Å². The smallest absolute Gasteiger partial charge is 0.243 e. The SMILES string of the molecule is O=C(Nc1[nH]ncc1-c1ccccn1)C1CCCN1S(=O)(=O)c1ccc(F)cc1. The minimum Gasteiger partial charge on any atom is -0.309 e. The van der Waals surface area contributed by atoms with Crippen LogP contribution in [0.15, 0.2) is 59.8 Å². The number of H-pyrrole nitrogens is 1. The van der Waals surface area contributed by atoms with Gasteiger partial charge in [0, 0.05) is 12.7 Å². The fourth-order valence-corrected chi connectivity index (χ4v) is 4.99. The van der Waals surface area contributed by atoms with E-state index in [-0.39, 0.29) is 11.4 Å². The number of nitrogens with one attached hydrogen (secondary N) is 2. The molecule has 2 aromatic heterocycles. The summed E-state index contributed by atoms with van der Waals surface area (Å²) in [7, 11) is -3.92. The van der Waals surface area contributed by atoms with Crippen molar-refractivity contribution in [1.82, 2.24) is 19.5 Å². The Hall–Kier alpha value is -3.11. The number of carbonyl (C=O) groups excluding carboxylic acids is 1. The molecule has 4 rings (SSSR count). The van der Waals surface area contributed by atoms with Gasteiger partial charge in [0.15, 0.2) is 0 Å². The van der Waals surface area contributed by atoms with Crippen molar-refractivity contribution in [2.45, 2.75) is 23.8 Å². The van der Waals surface area contributed by atoms with Gasteiger partial charge >= 0.3 is 0 Å². The summed E-state index contributed by atoms with van der Waals surface area (Å²) >= 11 is 0. The Bertz CT molecular complexity index is 1120. The van der Waals surface area contributed by atoms with Crippen molar-refractivity contribution in [3.8, 4) is 11.3 Å². The maximum atomic E-state index is 13.2. The van der Waals surface area contributed by atoms with Gasteiger partial charge in [-0.15, -0.1) is 0 Å². The van der Waals surface area contributed by atoms with E-state index in [0.717, 1.165) is 16.4 Å². The Labute approximate surface area is 166 Å². The van der Waals surface area contributed by atoms with E-state index in [9.17, 15) is 17.6 Å². The zero-order valence-electron chi connectivity index (χ0n) is 15.2. The standard InChI is InChI=1S/C19H18FN5O3S/c20-13-6-8-14(9-7-13)29(27,28)25-11-3-5-17(25)19(26)23-18-15(12-22-24-18)16-4-1-2-10-21-16/h1-2,4,6-10,12,17H,3,5,11H2,(H2,22,23,24,26). The van der Waals surface area contributed by atoms with Crippen molar-refractivity contribution in [3.05, 3.63) is 60.7 Å². The fraction of sp³-hybridized carbons (Fsp3) is 0.211. The lowest BCUT2D eigenvalue weighted by Gasteiger charge is -2.23. The number of aromatic nitrogens is 3. The number of carbonyl (C=O) groups is 1. The van der Waals surface area contributed by atoms with Gasteiger partial charge in [0.05, 0.1) is 22.3 Å². The molecule has 10 heteroatoms. The van der Waals surface area contributed by atoms with Gasteiger partial charge in [0.1, 0.15) is 17.7 Å². The highest BCUT2D eigenvalue weighted by atomic mass is 32.2. The number of anilines is 1. The number of amides is 1. The molecule has 0 aliphatic carbocycles. The second-order valence-corrected chi connectivity index (χ2v) is 8.48. The Morgan fingerprint density at radius 3 is 2.72 bits per heavy atom. The molecule has 1 aromatic carbocycles. The molecular weight excluding hydrogens is 397 g/mol. The number of sulfonamides is 1. The van der Waals surface area contributed by atoms with Gasteiger partial charge in [-0.05, 0) is 49.2 Å². The van der Waals surface area contributed by atoms with Crippen LogP contribution in [0.2, 0.25) is 0 Å². The summed E-state index contributed by atoms with van der Waals surface area (Å²) in [6, 6.07) is 9.07. The molecule has 0 radical (unpaired) electrons. The fourth-order valence-electron chi connectivity index (χ4n) is 3.34. The van der Waals surface area contributed by atoms with Crippen molar-refractivity contribution in [2.24, 2.45) is 0 Å². The van der Waals surface area contributed by atoms with Gasteiger partial charge in [0.25, 0.3) is 0 Å². The second-order valence-electron chi connectivity index (χ2n) is 6.59. The summed E-state index contributed by atoms with van der Waals surface area (Å²) in [4.78, 5) is 17.1. The van der Waals surface area contributed by atoms with Crippen LogP contribution in [0.3, 0.4) is 0 Å². The molecule has 1 saturated heterocycles. The lowest BCUT2D eigenvalue weighted by atomic mass is 10.2. The molecule has 29 heavy (non-hydrogen) atoms. The van der Waals surface area contributed by atoms with Crippen LogP contribution in [-0.2, 0) is 14.8 Å². The van der Waals surface area contributed by atoms with E-state index >= 15 is 0 Å². The molecule has 1 unspecified atom stereocenters. The van der Waals surface area contributed by atoms with Crippen LogP contribution in [0, 0.1) is 5.82 Å². The monoisotopic (exact) mass is 415 g/mol. The molecule has 0 saturated carbocycles. The van der Waals surface area contributed by atoms with Crippen LogP contribution in [0.25, 0.3) is 11.3 Å². The third-order valence-electron chi connectivity index (χ3n) is 4.75. The summed E-state index contributed by atoms with van der Waals surface area (Å²) in [5.41, 5.74) is 1.23. The largest absolute Gasteiger partial charge is 0.309 e. The molecule has 1 atom stereocenters. The third-order valence-corrected chi connectivity index (χ3v) is 6.68. The van der Waals surface area contributed by atoms with Crippen LogP contribution in [-0.4, -0.2) is 46.4 Å². The van der Waals surface area contributed by atoms with Crippen LogP contribution in [0.4, 0.5) is 10.2 Å². The first-order chi connectivity index (χ1) is 14.0. The number of halogens is 1. The molecule has 1 fully saturated rings. The highest BCUT2D eigenvalue weighted by Crippen LogP contribution is 2.29. The van der Waals surface area contributed by atoms with E-state index in [2.05, 4.69) is 20.5 Å². The Morgan fingerprint density at radius 2 is 2.00 bits per heavy atom. The average molecular weight is 415 g/mol. The van der Waals surface area contributed by atoms with Gasteiger partial charge in [-0.3, -0.25) is 14.9 Å². The molecule has 0 spiro atoms. The molecule has 2 N–H and O–H groups in total. The first-order valence-electron chi connectivity index (χ1n) is 9.00. The minimum atomic E-state index is -3.92. The highest BCUT2D eigenvalue weighted by molar-refractivity contribution is 7.89. The lowest BCUT2D eigenvalue weighted by Crippen LogP contribution is -2.43. The summed E-state index contributed by atoms with van der Waals surface area (Å²) in [5, 5.41) is 9.40. The Balaban J connectivity index is 1.56. The summed E-state index contributed by atoms with van der Waals surface area (Å²) in [6.07, 6.45) is 4.11. The van der Waals surface area contributed by atoms with Gasteiger partial charge < -0.3 is 5.32 Å². The molecule has 3 heterocycles. The van der Waals surface area contributed by atoms with Crippen molar-refractivity contribution in [1.29, 1.82) is 0 Å². The quantitative estimate of drug-likeness (QED) is 0.665. The van der Waals surface area contributed by atoms with E-state index in [1.165, 1.54) is 12.1 Å². The van der Waals surface area contributed by atoms with Crippen molar-refractivity contribution < 1.29 is 17.6 Å². The zero-order chi connectivity index (χ0) is 20.4. The van der Waals surface area contributed by atoms with Crippen LogP contribution < -0.4 is 5.32 Å². The number of pyridine rings is 1. The third kappa shape index (κ3) is 3.76. The normalized spacial score (nSPS) is 17.3. The van der Waals surface area contributed by atoms with Crippen LogP contribution in [0.5, 0.6) is 0 Å². The number of rotatable bonds is 5. The van der Waals surface area contributed by atoms with Crippen molar-refractivity contribution in [3.63, 3.8) is 0 Å². The Kier molecular flexibility index (Phi) is 5.12. The minimum absolute atomic E-state index is 0.0469.